The molecule has 0 saturated carbocycles. The van der Waals surface area contributed by atoms with Gasteiger partial charge in [-0.1, -0.05) is 145 Å². The molecule has 496 valence electrons. The van der Waals surface area contributed by atoms with Crippen molar-refractivity contribution in [3.05, 3.63) is 166 Å². The van der Waals surface area contributed by atoms with E-state index in [0.717, 1.165) is 114 Å². The molecule has 8 aromatic rings. The molecule has 0 saturated heterocycles. The lowest BCUT2D eigenvalue weighted by Crippen LogP contribution is -2.38. The number of rotatable bonds is 32. The third-order valence-corrected chi connectivity index (χ3v) is 15.2. The zero-order chi connectivity index (χ0) is 66.9. The first-order chi connectivity index (χ1) is 44.1. The predicted molar refractivity (Wildman–Crippen MR) is 328 cm³/mol. The fourth-order valence-electron chi connectivity index (χ4n) is 10.5. The number of unbranched alkanes of at least 4 members (excludes halogenated alkanes) is 12. The molecule has 3 aromatic heterocycles. The number of amides is 2. The smallest absolute Gasteiger partial charge is 0.313 e. The van der Waals surface area contributed by atoms with Crippen LogP contribution in [0.4, 0.5) is 43.9 Å². The maximum atomic E-state index is 14.0. The monoisotopic (exact) mass is 1290 g/mol. The van der Waals surface area contributed by atoms with Crippen LogP contribution in [0.2, 0.25) is 0 Å². The summed E-state index contributed by atoms with van der Waals surface area (Å²) in [6, 6.07) is 20.6. The SMILES string of the molecule is CCCCCCCCCC(=O)NC(CC(=O)Oc1c(F)c(F)c(F)c(F)c1F)Cc1c[nH]c2ccccc12.CCCCCCCCCC(=O)NC(CC(=O)Oc1c(F)c(F)c(F)c(F)c1F)Cc1c[nH]c2ccccc12.NC(CC(=O)O)Cc1c[nH]c2ccccc12. The number of aromatic nitrogens is 3. The van der Waals surface area contributed by atoms with E-state index >= 15 is 0 Å². The minimum atomic E-state index is -2.35. The molecule has 8 rings (SSSR count). The Kier molecular flexibility index (Phi) is 28.6. The molecule has 0 fully saturated rings. The number of aromatic amines is 3. The van der Waals surface area contributed by atoms with Crippen molar-refractivity contribution in [2.24, 2.45) is 5.73 Å². The highest BCUT2D eigenvalue weighted by molar-refractivity contribution is 5.86. The van der Waals surface area contributed by atoms with E-state index in [9.17, 15) is 67.9 Å². The number of fused-ring (bicyclic) bond motifs is 3. The molecule has 3 heterocycles. The Bertz CT molecular complexity index is 3510. The van der Waals surface area contributed by atoms with Gasteiger partial charge in [0.15, 0.2) is 0 Å². The lowest BCUT2D eigenvalue weighted by Gasteiger charge is -2.18. The zero-order valence-electron chi connectivity index (χ0n) is 51.1. The maximum Gasteiger partial charge on any atom is 0.313 e. The van der Waals surface area contributed by atoms with Gasteiger partial charge < -0.3 is 45.9 Å². The summed E-state index contributed by atoms with van der Waals surface area (Å²) in [4.78, 5) is 70.2. The third-order valence-electron chi connectivity index (χ3n) is 15.2. The number of carbonyl (C=O) groups excluding carboxylic acids is 4. The number of H-pyrrole nitrogens is 3. The van der Waals surface area contributed by atoms with Crippen molar-refractivity contribution in [1.29, 1.82) is 0 Å². The number of benzene rings is 5. The van der Waals surface area contributed by atoms with Crippen LogP contribution in [0, 0.1) is 58.2 Å². The van der Waals surface area contributed by atoms with E-state index in [2.05, 4.69) is 48.9 Å². The molecule has 14 nitrogen and oxygen atoms in total. The summed E-state index contributed by atoms with van der Waals surface area (Å²) in [5, 5.41) is 17.0. The van der Waals surface area contributed by atoms with Crippen LogP contribution in [-0.4, -0.2) is 67.9 Å². The van der Waals surface area contributed by atoms with Gasteiger partial charge in [0.1, 0.15) is 0 Å². The predicted octanol–water partition coefficient (Wildman–Crippen LogP) is 15.6. The summed E-state index contributed by atoms with van der Waals surface area (Å²) >= 11 is 0. The first-order valence-electron chi connectivity index (χ1n) is 30.8. The van der Waals surface area contributed by atoms with Crippen LogP contribution in [0.15, 0.2) is 91.4 Å². The highest BCUT2D eigenvalue weighted by Gasteiger charge is 2.32. The molecule has 0 aliphatic heterocycles. The number of esters is 2. The number of carboxylic acid groups (broad SMARTS) is 1. The lowest BCUT2D eigenvalue weighted by atomic mass is 10.0. The molecule has 24 heteroatoms. The van der Waals surface area contributed by atoms with Crippen molar-refractivity contribution >= 4 is 62.4 Å². The van der Waals surface area contributed by atoms with Crippen molar-refractivity contribution in [1.82, 2.24) is 25.6 Å². The summed E-state index contributed by atoms with van der Waals surface area (Å²) in [6.45, 7) is 4.27. The van der Waals surface area contributed by atoms with Gasteiger partial charge in [0.2, 0.25) is 81.5 Å². The molecule has 92 heavy (non-hydrogen) atoms. The third kappa shape index (κ3) is 21.2. The van der Waals surface area contributed by atoms with E-state index in [0.29, 0.717) is 19.3 Å². The van der Waals surface area contributed by atoms with Crippen molar-refractivity contribution in [3.8, 4) is 11.5 Å². The highest BCUT2D eigenvalue weighted by atomic mass is 19.2. The van der Waals surface area contributed by atoms with Crippen LogP contribution in [0.5, 0.6) is 11.5 Å². The molecule has 0 radical (unpaired) electrons. The van der Waals surface area contributed by atoms with Crippen LogP contribution in [0.25, 0.3) is 32.7 Å². The van der Waals surface area contributed by atoms with Crippen LogP contribution >= 0.6 is 0 Å². The second-order valence-electron chi connectivity index (χ2n) is 22.5. The number of hydrogen-bond donors (Lipinski definition) is 7. The Hall–Kier alpha value is -8.67. The minimum absolute atomic E-state index is 0.000489. The van der Waals surface area contributed by atoms with Crippen LogP contribution in [-0.2, 0) is 43.2 Å². The average Bonchev–Trinajstić information content (AvgIpc) is 1.39. The van der Waals surface area contributed by atoms with Crippen molar-refractivity contribution in [3.63, 3.8) is 0 Å². The number of nitrogens with two attached hydrogens (primary N) is 1. The fraction of sp³-hybridized carbons (Fsp3) is 0.397. The van der Waals surface area contributed by atoms with Gasteiger partial charge in [0.05, 0.1) is 19.3 Å². The standard InChI is InChI=1S/2C28H31F5N2O3.C12H14N2O2/c2*1-2-3-4-5-6-7-8-13-21(36)35-18(14-17-16-34-20-12-10-9-11-19(17)20)15-22(37)38-28-26(32)24(30)23(29)25(31)27(28)33;13-9(6-12(15)16)5-8-7-14-11-4-2-1-3-10(8)11/h2*9-12,16,18,34H,2-8,13-15H2,1H3,(H,35,36);1-4,7,9,14H,5-6,13H2,(H,15,16). The van der Waals surface area contributed by atoms with Crippen molar-refractivity contribution < 1.29 is 82.5 Å². The molecule has 0 bridgehead atoms. The second-order valence-corrected chi connectivity index (χ2v) is 22.5. The van der Waals surface area contributed by atoms with E-state index in [1.54, 1.807) is 12.4 Å². The largest absolute Gasteiger partial charge is 0.481 e. The summed E-state index contributed by atoms with van der Waals surface area (Å²) in [5.74, 6) is -29.9. The molecule has 3 atom stereocenters. The van der Waals surface area contributed by atoms with Gasteiger partial charge >= 0.3 is 17.9 Å². The number of aliphatic carboxylic acids is 1. The summed E-state index contributed by atoms with van der Waals surface area (Å²) < 4.78 is 146. The molecule has 2 amide bonds. The van der Waals surface area contributed by atoms with Gasteiger partial charge in [-0.3, -0.25) is 24.0 Å². The van der Waals surface area contributed by atoms with Crippen LogP contribution in [0.3, 0.4) is 0 Å². The molecule has 5 aromatic carbocycles. The molecule has 0 aliphatic rings. The maximum absolute atomic E-state index is 14.0. The number of ether oxygens (including phenoxy) is 2. The first-order valence-corrected chi connectivity index (χ1v) is 30.8. The summed E-state index contributed by atoms with van der Waals surface area (Å²) in [7, 11) is 0. The summed E-state index contributed by atoms with van der Waals surface area (Å²) in [6.07, 6.45) is 19.9. The van der Waals surface area contributed by atoms with Gasteiger partial charge in [-0.05, 0) is 67.0 Å². The van der Waals surface area contributed by atoms with Crippen molar-refractivity contribution in [2.45, 2.75) is 173 Å². The zero-order valence-corrected chi connectivity index (χ0v) is 51.1. The van der Waals surface area contributed by atoms with E-state index in [1.807, 2.05) is 79.0 Å². The normalized spacial score (nSPS) is 12.2. The minimum Gasteiger partial charge on any atom is -0.481 e. The van der Waals surface area contributed by atoms with Crippen LogP contribution in [0.1, 0.15) is 153 Å². The van der Waals surface area contributed by atoms with Gasteiger partial charge in [-0.2, -0.15) is 17.6 Å². The quantitative estimate of drug-likeness (QED) is 0.00531. The van der Waals surface area contributed by atoms with Crippen molar-refractivity contribution in [2.75, 3.05) is 0 Å². The number of para-hydroxylation sites is 3. The van der Waals surface area contributed by atoms with Gasteiger partial charge in [-0.25, -0.2) is 26.3 Å². The Balaban J connectivity index is 0.000000236. The molecular formula is C68H76F10N6O8. The highest BCUT2D eigenvalue weighted by Crippen LogP contribution is 2.32. The van der Waals surface area contributed by atoms with E-state index in [-0.39, 0.29) is 50.0 Å². The number of hydrogen-bond acceptors (Lipinski definition) is 8. The Labute approximate surface area is 525 Å². The topological polar surface area (TPSA) is 221 Å². The first kappa shape index (κ1) is 72.4. The Morgan fingerprint density at radius 1 is 0.424 bits per heavy atom. The molecular weight excluding hydrogens is 1220 g/mol. The van der Waals surface area contributed by atoms with Gasteiger partial charge in [0.25, 0.3) is 0 Å². The second kappa shape index (κ2) is 36.4. The molecule has 0 spiro atoms. The molecule has 8 N–H and O–H groups in total. The number of carboxylic acids is 1. The molecule has 3 unspecified atom stereocenters. The molecule has 0 aliphatic carbocycles. The lowest BCUT2D eigenvalue weighted by molar-refractivity contribution is -0.138. The van der Waals surface area contributed by atoms with E-state index < -0.39 is 113 Å². The Morgan fingerprint density at radius 2 is 0.717 bits per heavy atom. The van der Waals surface area contributed by atoms with Gasteiger partial charge in [-0.15, -0.1) is 0 Å². The van der Waals surface area contributed by atoms with Crippen LogP contribution < -0.4 is 25.8 Å². The van der Waals surface area contributed by atoms with E-state index in [1.165, 1.54) is 12.8 Å². The number of halogens is 10. The van der Waals surface area contributed by atoms with E-state index in [4.69, 9.17) is 10.8 Å². The number of carbonyl (C=O) groups is 5. The van der Waals surface area contributed by atoms with Gasteiger partial charge in [0, 0.05) is 82.3 Å². The number of nitrogens with one attached hydrogen (secondary N) is 5. The average molecular weight is 1300 g/mol. The Morgan fingerprint density at radius 3 is 1.04 bits per heavy atom. The fourth-order valence-corrected chi connectivity index (χ4v) is 10.5. The summed E-state index contributed by atoms with van der Waals surface area (Å²) in [5.41, 5.74) is 11.1.